The summed E-state index contributed by atoms with van der Waals surface area (Å²) in [6.07, 6.45) is 6.92. The Morgan fingerprint density at radius 2 is 1.05 bits per heavy atom. The number of rotatable bonds is 12. The molecule has 0 heterocycles. The van der Waals surface area contributed by atoms with Crippen LogP contribution < -0.4 is 22.9 Å². The first kappa shape index (κ1) is 18.2. The van der Waals surface area contributed by atoms with E-state index in [1.165, 1.54) is 0 Å². The van der Waals surface area contributed by atoms with E-state index in [9.17, 15) is 4.79 Å². The monoisotopic (exact) mass is 284 g/mol. The van der Waals surface area contributed by atoms with Crippen LogP contribution in [0, 0.1) is 0 Å². The highest BCUT2D eigenvalue weighted by molar-refractivity contribution is 5.78. The standard InChI is InChI=1S/C13H28N6O/c14-12(15)18-9-5-1-3-7-11(20)8-4-2-6-10-19-13(16)17/h1-10H2,(H4,14,15,18)(H4,16,17,19). The molecule has 7 nitrogen and oxygen atoms in total. The van der Waals surface area contributed by atoms with Crippen molar-refractivity contribution in [3.63, 3.8) is 0 Å². The lowest BCUT2D eigenvalue weighted by atomic mass is 10.1. The van der Waals surface area contributed by atoms with Gasteiger partial charge >= 0.3 is 0 Å². The van der Waals surface area contributed by atoms with Gasteiger partial charge in [-0.15, -0.1) is 0 Å². The van der Waals surface area contributed by atoms with Gasteiger partial charge in [0.1, 0.15) is 5.78 Å². The summed E-state index contributed by atoms with van der Waals surface area (Å²) in [5.41, 5.74) is 20.9. The van der Waals surface area contributed by atoms with Crippen molar-refractivity contribution in [1.82, 2.24) is 0 Å². The van der Waals surface area contributed by atoms with Crippen molar-refractivity contribution < 1.29 is 4.79 Å². The van der Waals surface area contributed by atoms with Crippen LogP contribution in [0.1, 0.15) is 51.4 Å². The van der Waals surface area contributed by atoms with Crippen LogP contribution in [-0.4, -0.2) is 30.8 Å². The summed E-state index contributed by atoms with van der Waals surface area (Å²) in [7, 11) is 0. The van der Waals surface area contributed by atoms with E-state index in [0.29, 0.717) is 31.7 Å². The number of nitrogens with two attached hydrogens (primary N) is 4. The first-order chi connectivity index (χ1) is 9.52. The SMILES string of the molecule is NC(N)=NCCCCCC(=O)CCCCCN=C(N)N. The van der Waals surface area contributed by atoms with Gasteiger partial charge in [-0.3, -0.25) is 14.8 Å². The van der Waals surface area contributed by atoms with E-state index < -0.39 is 0 Å². The molecule has 0 fully saturated rings. The highest BCUT2D eigenvalue weighted by atomic mass is 16.1. The lowest BCUT2D eigenvalue weighted by molar-refractivity contribution is -0.119. The molecule has 0 radical (unpaired) electrons. The second kappa shape index (κ2) is 12.3. The summed E-state index contributed by atoms with van der Waals surface area (Å²) < 4.78 is 0. The van der Waals surface area contributed by atoms with Gasteiger partial charge in [0, 0.05) is 25.9 Å². The number of hydrogen-bond donors (Lipinski definition) is 4. The average Bonchev–Trinajstić information content (AvgIpc) is 2.37. The zero-order valence-electron chi connectivity index (χ0n) is 12.2. The molecule has 0 atom stereocenters. The molecule has 0 aliphatic carbocycles. The first-order valence-electron chi connectivity index (χ1n) is 7.15. The minimum Gasteiger partial charge on any atom is -0.370 e. The fraction of sp³-hybridized carbons (Fsp3) is 0.769. The number of nitrogens with zero attached hydrogens (tertiary/aromatic N) is 2. The normalized spacial score (nSPS) is 10.0. The maximum absolute atomic E-state index is 11.6. The zero-order valence-corrected chi connectivity index (χ0v) is 12.2. The van der Waals surface area contributed by atoms with Crippen molar-refractivity contribution in [2.45, 2.75) is 51.4 Å². The third kappa shape index (κ3) is 14.3. The highest BCUT2D eigenvalue weighted by Gasteiger charge is 2.01. The predicted octanol–water partition coefficient (Wildman–Crippen LogP) is 0.223. The van der Waals surface area contributed by atoms with Gasteiger partial charge in [-0.05, 0) is 25.7 Å². The van der Waals surface area contributed by atoms with Crippen molar-refractivity contribution in [1.29, 1.82) is 0 Å². The van der Waals surface area contributed by atoms with Crippen LogP contribution in [0.5, 0.6) is 0 Å². The lowest BCUT2D eigenvalue weighted by Crippen LogP contribution is -2.22. The summed E-state index contributed by atoms with van der Waals surface area (Å²) >= 11 is 0. The molecule has 0 rings (SSSR count). The third-order valence-corrected chi connectivity index (χ3v) is 2.82. The highest BCUT2D eigenvalue weighted by Crippen LogP contribution is 2.07. The smallest absolute Gasteiger partial charge is 0.185 e. The fourth-order valence-corrected chi connectivity index (χ4v) is 1.76. The Bertz CT molecular complexity index is 289. The van der Waals surface area contributed by atoms with Gasteiger partial charge in [-0.1, -0.05) is 12.8 Å². The molecular weight excluding hydrogens is 256 g/mol. The number of unbranched alkanes of at least 4 members (excludes halogenated alkanes) is 4. The zero-order chi connectivity index (χ0) is 15.2. The Balaban J connectivity index is 3.33. The van der Waals surface area contributed by atoms with Gasteiger partial charge in [0.25, 0.3) is 0 Å². The molecule has 0 aromatic heterocycles. The van der Waals surface area contributed by atoms with E-state index in [1.54, 1.807) is 0 Å². The number of carbonyl (C=O) groups excluding carboxylic acids is 1. The van der Waals surface area contributed by atoms with Crippen LogP contribution in [0.2, 0.25) is 0 Å². The molecule has 116 valence electrons. The average molecular weight is 284 g/mol. The molecule has 0 bridgehead atoms. The summed E-state index contributed by atoms with van der Waals surface area (Å²) in [6.45, 7) is 1.28. The molecule has 0 amide bonds. The number of guanidine groups is 2. The number of aliphatic imine (C=N–C) groups is 2. The van der Waals surface area contributed by atoms with Gasteiger partial charge in [-0.25, -0.2) is 0 Å². The van der Waals surface area contributed by atoms with Crippen LogP contribution in [0.25, 0.3) is 0 Å². The van der Waals surface area contributed by atoms with Crippen molar-refractivity contribution in [3.05, 3.63) is 0 Å². The minimum absolute atomic E-state index is 0.127. The van der Waals surface area contributed by atoms with E-state index in [4.69, 9.17) is 22.9 Å². The Morgan fingerprint density at radius 3 is 1.40 bits per heavy atom. The van der Waals surface area contributed by atoms with Crippen molar-refractivity contribution in [3.8, 4) is 0 Å². The molecule has 0 spiro atoms. The Labute approximate surface area is 120 Å². The van der Waals surface area contributed by atoms with E-state index in [2.05, 4.69) is 9.98 Å². The van der Waals surface area contributed by atoms with Crippen LogP contribution in [-0.2, 0) is 4.79 Å². The Hall–Kier alpha value is -1.79. The molecule has 0 aliphatic rings. The van der Waals surface area contributed by atoms with Gasteiger partial charge in [0.05, 0.1) is 0 Å². The third-order valence-electron chi connectivity index (χ3n) is 2.82. The molecule has 20 heavy (non-hydrogen) atoms. The van der Waals surface area contributed by atoms with Crippen LogP contribution in [0.15, 0.2) is 9.98 Å². The van der Waals surface area contributed by atoms with Crippen molar-refractivity contribution in [2.24, 2.45) is 32.9 Å². The largest absolute Gasteiger partial charge is 0.370 e. The molecule has 0 aromatic rings. The van der Waals surface area contributed by atoms with Crippen LogP contribution in [0.4, 0.5) is 0 Å². The quantitative estimate of drug-likeness (QED) is 0.230. The molecule has 8 N–H and O–H groups in total. The van der Waals surface area contributed by atoms with E-state index in [1.807, 2.05) is 0 Å². The van der Waals surface area contributed by atoms with E-state index >= 15 is 0 Å². The van der Waals surface area contributed by atoms with Gasteiger partial charge in [0.2, 0.25) is 0 Å². The van der Waals surface area contributed by atoms with Gasteiger partial charge in [0.15, 0.2) is 11.9 Å². The number of ketones is 1. The second-order valence-corrected chi connectivity index (χ2v) is 4.77. The first-order valence-corrected chi connectivity index (χ1v) is 7.15. The minimum atomic E-state index is 0.127. The van der Waals surface area contributed by atoms with Crippen LogP contribution in [0.3, 0.4) is 0 Å². The van der Waals surface area contributed by atoms with Crippen molar-refractivity contribution >= 4 is 17.7 Å². The lowest BCUT2D eigenvalue weighted by Gasteiger charge is -2.01. The Kier molecular flexibility index (Phi) is 11.2. The van der Waals surface area contributed by atoms with E-state index in [0.717, 1.165) is 38.5 Å². The molecule has 0 saturated heterocycles. The van der Waals surface area contributed by atoms with Crippen molar-refractivity contribution in [2.75, 3.05) is 13.1 Å². The fourth-order valence-electron chi connectivity index (χ4n) is 1.76. The molecule has 0 aromatic carbocycles. The molecule has 0 unspecified atom stereocenters. The molecule has 0 aliphatic heterocycles. The predicted molar refractivity (Wildman–Crippen MR) is 83.3 cm³/mol. The van der Waals surface area contributed by atoms with Gasteiger partial charge in [-0.2, -0.15) is 0 Å². The number of Topliss-reactive ketones (excluding diaryl/α,β-unsaturated/α-hetero) is 1. The maximum atomic E-state index is 11.6. The van der Waals surface area contributed by atoms with Gasteiger partial charge < -0.3 is 22.9 Å². The van der Waals surface area contributed by atoms with E-state index in [-0.39, 0.29) is 11.9 Å². The summed E-state index contributed by atoms with van der Waals surface area (Å²) in [5.74, 6) is 0.581. The molecule has 7 heteroatoms. The van der Waals surface area contributed by atoms with Crippen LogP contribution >= 0.6 is 0 Å². The summed E-state index contributed by atoms with van der Waals surface area (Å²) in [5, 5.41) is 0. The summed E-state index contributed by atoms with van der Waals surface area (Å²) in [4.78, 5) is 19.4. The second-order valence-electron chi connectivity index (χ2n) is 4.77. The molecular formula is C13H28N6O. The molecule has 0 saturated carbocycles. The Morgan fingerprint density at radius 1 is 0.650 bits per heavy atom. The number of carbonyl (C=O) groups is 1. The topological polar surface area (TPSA) is 146 Å². The maximum Gasteiger partial charge on any atom is 0.185 e. The summed E-state index contributed by atoms with van der Waals surface area (Å²) in [6, 6.07) is 0. The number of hydrogen-bond acceptors (Lipinski definition) is 3.